The molecule has 10 aromatic rings. The van der Waals surface area contributed by atoms with Crippen LogP contribution in [0.1, 0.15) is 158 Å². The van der Waals surface area contributed by atoms with Crippen molar-refractivity contribution in [1.29, 1.82) is 0 Å². The van der Waals surface area contributed by atoms with Gasteiger partial charge in [-0.1, -0.05) is 167 Å². The summed E-state index contributed by atoms with van der Waals surface area (Å²) in [7, 11) is 9.89. The van der Waals surface area contributed by atoms with Gasteiger partial charge in [-0.25, -0.2) is 22.8 Å². The molecule has 5 aromatic carbocycles. The minimum atomic E-state index is -2.35. The van der Waals surface area contributed by atoms with Crippen molar-refractivity contribution in [2.45, 2.75) is 157 Å². The van der Waals surface area contributed by atoms with E-state index in [1.165, 1.54) is 75.9 Å². The molecule has 0 aliphatic carbocycles. The Morgan fingerprint density at radius 2 is 0.731 bits per heavy atom. The van der Waals surface area contributed by atoms with Crippen molar-refractivity contribution in [2.75, 3.05) is 0 Å². The maximum atomic E-state index is 8.39. The van der Waals surface area contributed by atoms with E-state index in [1.807, 2.05) is 137 Å². The highest BCUT2D eigenvalue weighted by atomic mass is 14.9. The number of aryl methyl sites for hydroxylation is 13. The summed E-state index contributed by atoms with van der Waals surface area (Å²) in [6.07, 6.45) is 11.8. The molecule has 0 spiro atoms. The Balaban J connectivity index is 0.000000229. The molecule has 0 aliphatic heterocycles. The lowest BCUT2D eigenvalue weighted by Gasteiger charge is -2.18. The van der Waals surface area contributed by atoms with Crippen molar-refractivity contribution < 1.29 is 36.5 Å². The van der Waals surface area contributed by atoms with Gasteiger partial charge in [0.15, 0.2) is 31.0 Å². The first kappa shape index (κ1) is 60.6. The summed E-state index contributed by atoms with van der Waals surface area (Å²) in [6.45, 7) is 32.1. The van der Waals surface area contributed by atoms with Gasteiger partial charge < -0.3 is 0 Å². The van der Waals surface area contributed by atoms with Crippen molar-refractivity contribution in [3.8, 4) is 68.6 Å². The molecule has 0 atom stereocenters. The third-order valence-corrected chi connectivity index (χ3v) is 15.5. The summed E-state index contributed by atoms with van der Waals surface area (Å²) in [4.78, 5) is 0. The molecule has 0 N–H and O–H groups in total. The van der Waals surface area contributed by atoms with Crippen LogP contribution in [-0.4, -0.2) is 0 Å². The average molecular weight is 1250 g/mol. The first-order valence-electron chi connectivity index (χ1n) is 37.3. The summed E-state index contributed by atoms with van der Waals surface area (Å²) in [6, 6.07) is 57.8. The maximum Gasteiger partial charge on any atom is 0.212 e. The fraction of sp³-hybridized carbons (Fsp3) is 0.352. The van der Waals surface area contributed by atoms with Gasteiger partial charge in [0.2, 0.25) is 28.5 Å². The van der Waals surface area contributed by atoms with Crippen LogP contribution < -0.4 is 22.8 Å². The van der Waals surface area contributed by atoms with E-state index < -0.39 is 31.4 Å². The van der Waals surface area contributed by atoms with E-state index in [2.05, 4.69) is 195 Å². The van der Waals surface area contributed by atoms with Crippen LogP contribution in [0.15, 0.2) is 207 Å². The fourth-order valence-corrected chi connectivity index (χ4v) is 11.0. The maximum absolute atomic E-state index is 8.39. The van der Waals surface area contributed by atoms with Crippen molar-refractivity contribution in [3.63, 3.8) is 0 Å². The lowest BCUT2D eigenvalue weighted by molar-refractivity contribution is -0.661. The number of hydrogen-bond acceptors (Lipinski definition) is 0. The highest BCUT2D eigenvalue weighted by Crippen LogP contribution is 2.28. The molecule has 10 rings (SSSR count). The van der Waals surface area contributed by atoms with Crippen LogP contribution in [-0.2, 0) is 67.2 Å². The topological polar surface area (TPSA) is 19.4 Å². The van der Waals surface area contributed by atoms with Gasteiger partial charge >= 0.3 is 0 Å². The lowest BCUT2D eigenvalue weighted by Crippen LogP contribution is -2.32. The molecule has 0 bridgehead atoms. The summed E-state index contributed by atoms with van der Waals surface area (Å²) in [5.41, 5.74) is 21.7. The van der Waals surface area contributed by atoms with E-state index in [1.54, 1.807) is 36.9 Å². The fourth-order valence-electron chi connectivity index (χ4n) is 11.0. The van der Waals surface area contributed by atoms with E-state index >= 15 is 0 Å². The van der Waals surface area contributed by atoms with E-state index in [0.717, 1.165) is 57.7 Å². The number of benzene rings is 5. The van der Waals surface area contributed by atoms with Gasteiger partial charge in [-0.05, 0) is 184 Å². The molecule has 5 heterocycles. The van der Waals surface area contributed by atoms with Crippen LogP contribution >= 0.6 is 0 Å². The molecule has 486 valence electrons. The third-order valence-electron chi connectivity index (χ3n) is 15.5. The first-order chi connectivity index (χ1) is 47.6. The molecule has 0 saturated heterocycles. The Kier molecular flexibility index (Phi) is 22.8. The van der Waals surface area contributed by atoms with Crippen LogP contribution in [0.5, 0.6) is 0 Å². The van der Waals surface area contributed by atoms with Crippen molar-refractivity contribution in [2.24, 2.45) is 51.5 Å². The molecule has 0 unspecified atom stereocenters. The molecule has 5 nitrogen and oxygen atoms in total. The molecule has 0 saturated carbocycles. The Labute approximate surface area is 578 Å². The molecule has 0 amide bonds. The van der Waals surface area contributed by atoms with Crippen molar-refractivity contribution in [1.82, 2.24) is 0 Å². The van der Waals surface area contributed by atoms with Gasteiger partial charge in [0.05, 0.1) is 1.37 Å². The highest BCUT2D eigenvalue weighted by Gasteiger charge is 2.21. The number of rotatable bonds is 10. The molecule has 5 heteroatoms. The van der Waals surface area contributed by atoms with E-state index in [4.69, 9.17) is 13.7 Å². The second kappa shape index (κ2) is 34.9. The molecule has 93 heavy (non-hydrogen) atoms. The largest absolute Gasteiger partial charge is 0.212 e. The smallest absolute Gasteiger partial charge is 0.201 e. The zero-order valence-corrected chi connectivity index (χ0v) is 60.3. The van der Waals surface area contributed by atoms with E-state index in [-0.39, 0.29) is 17.2 Å². The number of terminal acetylenes is 1. The minimum Gasteiger partial charge on any atom is -0.201 e. The minimum absolute atomic E-state index is 0.0554. The molecule has 0 fully saturated rings. The van der Waals surface area contributed by atoms with Crippen LogP contribution in [0.4, 0.5) is 0 Å². The third kappa shape index (κ3) is 23.5. The molecule has 0 radical (unpaired) electrons. The van der Waals surface area contributed by atoms with Crippen molar-refractivity contribution >= 4 is 0 Å². The van der Waals surface area contributed by atoms with Gasteiger partial charge in [-0.3, -0.25) is 0 Å². The van der Waals surface area contributed by atoms with Gasteiger partial charge in [-0.2, -0.15) is 0 Å². The molecular formula is C88H114N5+5. The van der Waals surface area contributed by atoms with E-state index in [9.17, 15) is 0 Å². The molecular weight excluding hydrogens is 1130 g/mol. The zero-order chi connectivity index (χ0) is 77.5. The predicted octanol–water partition coefficient (Wildman–Crippen LogP) is 19.3. The Bertz CT molecular complexity index is 4550. The monoisotopic (exact) mass is 1250 g/mol. The number of hydrogen-bond donors (Lipinski definition) is 0. The Morgan fingerprint density at radius 1 is 0.387 bits per heavy atom. The zero-order valence-electron chi connectivity index (χ0n) is 70.3. The highest BCUT2D eigenvalue weighted by molar-refractivity contribution is 5.64. The second-order valence-electron chi connectivity index (χ2n) is 27.6. The molecule has 5 aromatic heterocycles. The van der Waals surface area contributed by atoms with Gasteiger partial charge in [0.25, 0.3) is 0 Å². The second-order valence-corrected chi connectivity index (χ2v) is 27.6. The first-order valence-corrected chi connectivity index (χ1v) is 32.3. The lowest BCUT2D eigenvalue weighted by atomic mass is 9.88. The van der Waals surface area contributed by atoms with E-state index in [0.29, 0.717) is 16.4 Å². The summed E-state index contributed by atoms with van der Waals surface area (Å²) in [5, 5.41) is 0. The van der Waals surface area contributed by atoms with Crippen LogP contribution in [0.2, 0.25) is 0 Å². The number of pyridine rings is 5. The quantitative estimate of drug-likeness (QED) is 0.0960. The Hall–Kier alpha value is -8.59. The SMILES string of the molecule is C#CC.Cc1ccccc1-c1cc(CC(C)(C)C)cc[n+]1C.Cc1ccccc1-c1ccc(CC(C)(C)C)c[n+]1C.[2H]C([2H])([2H])c1c[n+](C)c(-c2ccccc2C)cc1C([2H])([2H])C.[2H]C([2H])(c1ccc(-c2ccccc2C)[n+](C)c1)C(C)(C)C.[2H]c1cc(-c2ccccc2C)[n+](C)cc1C([2H])([2H])C. The van der Waals surface area contributed by atoms with Crippen LogP contribution in [0, 0.1) is 70.1 Å². The van der Waals surface area contributed by atoms with Gasteiger partial charge in [-0.15, -0.1) is 12.3 Å². The number of aromatic nitrogens is 5. The summed E-state index contributed by atoms with van der Waals surface area (Å²) in [5.74, 6) is 2.25. The Morgan fingerprint density at radius 3 is 1.11 bits per heavy atom. The van der Waals surface area contributed by atoms with Gasteiger partial charge in [0, 0.05) is 98.8 Å². The molecule has 0 aliphatic rings. The summed E-state index contributed by atoms with van der Waals surface area (Å²) >= 11 is 0. The van der Waals surface area contributed by atoms with Gasteiger partial charge in [0.1, 0.15) is 35.2 Å². The van der Waals surface area contributed by atoms with Crippen molar-refractivity contribution in [3.05, 3.63) is 268 Å². The average Bonchev–Trinajstić information content (AvgIpc) is 0.780. The normalized spacial score (nSPS) is 13.1. The summed E-state index contributed by atoms with van der Waals surface area (Å²) < 4.78 is 89.4. The standard InChI is InChI=1S/3C18H24N.C16H20N.C15H18N.C3H4/c1-14-8-6-7-9-16(14)17-12-15(10-11-19(17)5)13-18(2,3)4;2*1-14-8-6-7-9-16(14)17-11-10-15(13-19(17)5)12-18(2,3)4;1-5-14-10-16(17(4)11-13(14)3)15-9-7-6-8-12(15)2;1-4-13-9-10-15(16(3)11-13)14-8-6-5-7-12(14)2;1-3-2/h6-12H,13H2,1-5H3;2*6-11,13H,12H2,1-5H3;6-11H,5H2,1-4H3;5-11H,4H2,1-3H3;1H,2H3/q5*+1;/i;12D2;;3D3,5D2;4D2,9D;. The number of nitrogens with zero attached hydrogens (tertiary/aromatic N) is 5. The van der Waals surface area contributed by atoms with Crippen LogP contribution in [0.25, 0.3) is 56.3 Å². The van der Waals surface area contributed by atoms with Crippen LogP contribution in [0.3, 0.4) is 0 Å². The predicted molar refractivity (Wildman–Crippen MR) is 396 cm³/mol.